The predicted molar refractivity (Wildman–Crippen MR) is 66.8 cm³/mol. The molecule has 1 aromatic rings. The Morgan fingerprint density at radius 3 is 2.39 bits per heavy atom. The molecule has 0 saturated carbocycles. The van der Waals surface area contributed by atoms with Gasteiger partial charge in [0.25, 0.3) is 5.91 Å². The van der Waals surface area contributed by atoms with E-state index in [1.807, 2.05) is 0 Å². The van der Waals surface area contributed by atoms with E-state index in [4.69, 9.17) is 17.3 Å². The molecule has 0 aromatic heterocycles. The van der Waals surface area contributed by atoms with Crippen molar-refractivity contribution in [3.05, 3.63) is 28.3 Å². The quantitative estimate of drug-likeness (QED) is 0.810. The molecule has 3 nitrogen and oxygen atoms in total. The van der Waals surface area contributed by atoms with Gasteiger partial charge in [-0.3, -0.25) is 4.79 Å². The zero-order chi connectivity index (χ0) is 14.1. The fourth-order valence-electron chi connectivity index (χ4n) is 1.24. The van der Waals surface area contributed by atoms with Gasteiger partial charge in [-0.15, -0.1) is 0 Å². The topological polar surface area (TPSA) is 55.5 Å². The van der Waals surface area contributed by atoms with E-state index in [9.17, 15) is 18.0 Å². The standard InChI is InChI=1S/C10H10ClF3N2OS/c1-18(2)16-9(17)6-3-5(11)4-7(8(6)15)10(12,13)14/h3-4H,15H2,1-2H3. The molecule has 1 amide bonds. The van der Waals surface area contributed by atoms with Crippen LogP contribution in [0.2, 0.25) is 5.02 Å². The van der Waals surface area contributed by atoms with E-state index in [0.29, 0.717) is 6.07 Å². The third-order valence-corrected chi connectivity index (χ3v) is 2.70. The second-order valence-corrected chi connectivity index (χ2v) is 5.75. The first-order valence-electron chi connectivity index (χ1n) is 4.63. The minimum absolute atomic E-state index is 0.206. The van der Waals surface area contributed by atoms with Crippen LogP contribution in [0.4, 0.5) is 18.9 Å². The summed E-state index contributed by atoms with van der Waals surface area (Å²) < 4.78 is 41.6. The SMILES string of the molecule is CS(C)=NC(=O)c1cc(Cl)cc(C(F)(F)F)c1N. The summed E-state index contributed by atoms with van der Waals surface area (Å²) in [6.45, 7) is 0. The Morgan fingerprint density at radius 2 is 1.94 bits per heavy atom. The fourth-order valence-corrected chi connectivity index (χ4v) is 1.89. The van der Waals surface area contributed by atoms with Crippen molar-refractivity contribution in [2.24, 2.45) is 4.36 Å². The fraction of sp³-hybridized carbons (Fsp3) is 0.300. The molecule has 0 aliphatic rings. The molecule has 0 fully saturated rings. The predicted octanol–water partition coefficient (Wildman–Crippen LogP) is 3.14. The highest BCUT2D eigenvalue weighted by Crippen LogP contribution is 2.37. The molecule has 1 rings (SSSR count). The van der Waals surface area contributed by atoms with Crippen molar-refractivity contribution in [3.8, 4) is 0 Å². The van der Waals surface area contributed by atoms with Gasteiger partial charge in [0, 0.05) is 5.02 Å². The van der Waals surface area contributed by atoms with Gasteiger partial charge >= 0.3 is 6.18 Å². The third-order valence-electron chi connectivity index (χ3n) is 1.95. The van der Waals surface area contributed by atoms with E-state index in [2.05, 4.69) is 4.36 Å². The van der Waals surface area contributed by atoms with Gasteiger partial charge in [-0.25, -0.2) is 0 Å². The molecule has 0 aliphatic heterocycles. The molecule has 0 heterocycles. The van der Waals surface area contributed by atoms with E-state index in [1.165, 1.54) is 0 Å². The van der Waals surface area contributed by atoms with Crippen LogP contribution >= 0.6 is 11.6 Å². The summed E-state index contributed by atoms with van der Waals surface area (Å²) in [5.74, 6) is -0.797. The summed E-state index contributed by atoms with van der Waals surface area (Å²) in [5, 5.41) is -0.206. The number of anilines is 1. The van der Waals surface area contributed by atoms with Gasteiger partial charge in [-0.05, 0) is 24.6 Å². The van der Waals surface area contributed by atoms with Gasteiger partial charge in [0.1, 0.15) is 0 Å². The van der Waals surface area contributed by atoms with Gasteiger partial charge in [0.05, 0.1) is 16.8 Å². The molecule has 1 aromatic carbocycles. The minimum Gasteiger partial charge on any atom is -0.398 e. The van der Waals surface area contributed by atoms with Crippen molar-refractivity contribution in [2.45, 2.75) is 6.18 Å². The number of amides is 1. The van der Waals surface area contributed by atoms with Gasteiger partial charge in [-0.1, -0.05) is 22.3 Å². The average molecular weight is 299 g/mol. The van der Waals surface area contributed by atoms with Crippen molar-refractivity contribution in [3.63, 3.8) is 0 Å². The number of benzene rings is 1. The average Bonchev–Trinajstić information content (AvgIpc) is 2.18. The number of hydrogen-bond acceptors (Lipinski definition) is 2. The number of carbonyl (C=O) groups excluding carboxylic acids is 1. The van der Waals surface area contributed by atoms with Crippen LogP contribution in [0.3, 0.4) is 0 Å². The molecule has 0 unspecified atom stereocenters. The molecule has 0 saturated heterocycles. The first-order valence-corrected chi connectivity index (χ1v) is 7.00. The lowest BCUT2D eigenvalue weighted by Gasteiger charge is -2.12. The Hall–Kier alpha value is -1.08. The van der Waals surface area contributed by atoms with Crippen LogP contribution in [0.5, 0.6) is 0 Å². The third kappa shape index (κ3) is 3.46. The van der Waals surface area contributed by atoms with Gasteiger partial charge < -0.3 is 5.73 Å². The molecule has 0 spiro atoms. The summed E-state index contributed by atoms with van der Waals surface area (Å²) in [4.78, 5) is 11.6. The summed E-state index contributed by atoms with van der Waals surface area (Å²) in [6.07, 6.45) is -1.35. The van der Waals surface area contributed by atoms with Gasteiger partial charge in [0.15, 0.2) is 0 Å². The van der Waals surface area contributed by atoms with Crippen molar-refractivity contribution >= 4 is 33.9 Å². The maximum Gasteiger partial charge on any atom is 0.418 e. The Bertz CT molecular complexity index is 525. The van der Waals surface area contributed by atoms with Crippen LogP contribution in [0, 0.1) is 0 Å². The number of carbonyl (C=O) groups is 1. The Morgan fingerprint density at radius 1 is 1.39 bits per heavy atom. The molecule has 0 aliphatic carbocycles. The second kappa shape index (κ2) is 5.27. The summed E-state index contributed by atoms with van der Waals surface area (Å²) in [5.41, 5.74) is 3.26. The van der Waals surface area contributed by atoms with Crippen LogP contribution in [0.1, 0.15) is 15.9 Å². The molecule has 2 N–H and O–H groups in total. The van der Waals surface area contributed by atoms with Crippen molar-refractivity contribution in [1.29, 1.82) is 0 Å². The number of alkyl halides is 3. The zero-order valence-corrected chi connectivity index (χ0v) is 11.1. The number of halogens is 4. The highest BCUT2D eigenvalue weighted by Gasteiger charge is 2.35. The van der Waals surface area contributed by atoms with Crippen molar-refractivity contribution in [1.82, 2.24) is 0 Å². The number of nitrogens with two attached hydrogens (primary N) is 1. The summed E-state index contributed by atoms with van der Waals surface area (Å²) >= 11 is 5.56. The van der Waals surface area contributed by atoms with Crippen LogP contribution in [0.25, 0.3) is 0 Å². The number of rotatable bonds is 1. The first kappa shape index (κ1) is 15.0. The second-order valence-electron chi connectivity index (χ2n) is 3.58. The smallest absolute Gasteiger partial charge is 0.398 e. The Balaban J connectivity index is 3.44. The number of nitrogen functional groups attached to an aromatic ring is 1. The molecule has 0 radical (unpaired) electrons. The zero-order valence-electron chi connectivity index (χ0n) is 9.51. The normalized spacial score (nSPS) is 11.7. The maximum atomic E-state index is 12.7. The van der Waals surface area contributed by atoms with Crippen molar-refractivity contribution < 1.29 is 18.0 Å². The lowest BCUT2D eigenvalue weighted by molar-refractivity contribution is -0.136. The van der Waals surface area contributed by atoms with E-state index in [-0.39, 0.29) is 10.6 Å². The molecular weight excluding hydrogens is 289 g/mol. The highest BCUT2D eigenvalue weighted by molar-refractivity contribution is 7.86. The first-order chi connectivity index (χ1) is 8.12. The van der Waals surface area contributed by atoms with Crippen LogP contribution in [-0.2, 0) is 16.9 Å². The lowest BCUT2D eigenvalue weighted by Crippen LogP contribution is -2.13. The van der Waals surface area contributed by atoms with E-state index < -0.39 is 34.0 Å². The highest BCUT2D eigenvalue weighted by atomic mass is 35.5. The van der Waals surface area contributed by atoms with E-state index in [1.54, 1.807) is 12.5 Å². The minimum atomic E-state index is -4.66. The molecule has 0 bridgehead atoms. The van der Waals surface area contributed by atoms with Crippen molar-refractivity contribution in [2.75, 3.05) is 18.2 Å². The molecule has 8 heteroatoms. The summed E-state index contributed by atoms with van der Waals surface area (Å²) in [6, 6.07) is 1.77. The largest absolute Gasteiger partial charge is 0.418 e. The maximum absolute atomic E-state index is 12.7. The number of nitrogens with zero attached hydrogens (tertiary/aromatic N) is 1. The molecule has 100 valence electrons. The molecule has 18 heavy (non-hydrogen) atoms. The van der Waals surface area contributed by atoms with Gasteiger partial charge in [0.2, 0.25) is 0 Å². The monoisotopic (exact) mass is 298 g/mol. The molecular formula is C10H10ClF3N2OS. The van der Waals surface area contributed by atoms with E-state index in [0.717, 1.165) is 6.07 Å². The molecule has 0 atom stereocenters. The van der Waals surface area contributed by atoms with Crippen LogP contribution in [-0.4, -0.2) is 18.4 Å². The van der Waals surface area contributed by atoms with Crippen LogP contribution < -0.4 is 5.73 Å². The lowest BCUT2D eigenvalue weighted by atomic mass is 10.1. The van der Waals surface area contributed by atoms with Crippen LogP contribution in [0.15, 0.2) is 16.5 Å². The number of hydrogen-bond donors (Lipinski definition) is 1. The van der Waals surface area contributed by atoms with E-state index >= 15 is 0 Å². The van der Waals surface area contributed by atoms with Gasteiger partial charge in [-0.2, -0.15) is 17.5 Å². The Kier molecular flexibility index (Phi) is 4.39. The summed E-state index contributed by atoms with van der Waals surface area (Å²) in [7, 11) is -0.593. The Labute approximate surface area is 109 Å².